The molecule has 10 heteroatoms. The number of aryl methyl sites for hydroxylation is 1. The number of nitrogens with zero attached hydrogens (tertiary/aromatic N) is 1. The zero-order valence-electron chi connectivity index (χ0n) is 23.8. The van der Waals surface area contributed by atoms with Gasteiger partial charge >= 0.3 is 5.97 Å². The third-order valence-electron chi connectivity index (χ3n) is 7.21. The quantitative estimate of drug-likeness (QED) is 0.189. The number of aromatic nitrogens is 2. The molecule has 0 unspecified atom stereocenters. The summed E-state index contributed by atoms with van der Waals surface area (Å²) in [4.78, 5) is 31.9. The van der Waals surface area contributed by atoms with Gasteiger partial charge in [0, 0.05) is 34.3 Å². The van der Waals surface area contributed by atoms with Crippen molar-refractivity contribution < 1.29 is 23.8 Å². The molecule has 1 amide bonds. The van der Waals surface area contributed by atoms with Crippen molar-refractivity contribution in [3.8, 4) is 22.8 Å². The summed E-state index contributed by atoms with van der Waals surface area (Å²) in [6.45, 7) is 1.36. The van der Waals surface area contributed by atoms with Crippen LogP contribution in [-0.2, 0) is 16.0 Å². The second-order valence-corrected chi connectivity index (χ2v) is 11.9. The third-order valence-corrected chi connectivity index (χ3v) is 8.86. The molecule has 2 heterocycles. The lowest BCUT2D eigenvalue weighted by Gasteiger charge is -2.21. The molecule has 0 atom stereocenters. The van der Waals surface area contributed by atoms with E-state index >= 15 is 0 Å². The van der Waals surface area contributed by atoms with E-state index in [1.54, 1.807) is 25.6 Å². The number of rotatable bonds is 8. The van der Waals surface area contributed by atoms with Crippen LogP contribution in [0.2, 0.25) is 0 Å². The Bertz CT molecular complexity index is 1460. The van der Waals surface area contributed by atoms with Gasteiger partial charge in [-0.3, -0.25) is 14.9 Å². The van der Waals surface area contributed by atoms with Gasteiger partial charge in [0.1, 0.15) is 17.2 Å². The number of fused-ring (bicyclic) bond motifs is 1. The van der Waals surface area contributed by atoms with Crippen LogP contribution in [0.1, 0.15) is 60.8 Å². The second kappa shape index (κ2) is 14.5. The summed E-state index contributed by atoms with van der Waals surface area (Å²) >= 11 is 5.16. The van der Waals surface area contributed by atoms with Gasteiger partial charge in [-0.15, -0.1) is 11.3 Å². The summed E-state index contributed by atoms with van der Waals surface area (Å²) < 4.78 is 16.1. The molecule has 5 rings (SSSR count). The average Bonchev–Trinajstić information content (AvgIpc) is 3.61. The molecule has 2 aromatic carbocycles. The molecular formula is C31H36BrN3O5S. The molecule has 1 aliphatic carbocycles. The van der Waals surface area contributed by atoms with Crippen LogP contribution in [0.5, 0.6) is 11.5 Å². The Morgan fingerprint density at radius 2 is 1.76 bits per heavy atom. The molecular weight excluding hydrogens is 606 g/mol. The van der Waals surface area contributed by atoms with Gasteiger partial charge in [0.05, 0.1) is 31.5 Å². The highest BCUT2D eigenvalue weighted by atomic mass is 79.9. The number of esters is 1. The van der Waals surface area contributed by atoms with E-state index in [1.807, 2.05) is 42.5 Å². The average molecular weight is 643 g/mol. The number of ether oxygens (including phenoxy) is 3. The Hall–Kier alpha value is -3.37. The molecule has 218 valence electrons. The fourth-order valence-electron chi connectivity index (χ4n) is 5.00. The van der Waals surface area contributed by atoms with Gasteiger partial charge in [-0.05, 0) is 52.9 Å². The lowest BCUT2D eigenvalue weighted by molar-refractivity contribution is -0.137. The second-order valence-electron chi connectivity index (χ2n) is 9.94. The fourth-order valence-corrected chi connectivity index (χ4v) is 6.49. The largest absolute Gasteiger partial charge is 0.496 e. The number of methoxy groups -OCH3 is 3. The van der Waals surface area contributed by atoms with Gasteiger partial charge in [-0.1, -0.05) is 50.3 Å². The number of amides is 1. The number of nitrogens with one attached hydrogen (secondary N) is 2. The molecule has 41 heavy (non-hydrogen) atoms. The van der Waals surface area contributed by atoms with Gasteiger partial charge < -0.3 is 19.2 Å². The van der Waals surface area contributed by atoms with Crippen molar-refractivity contribution in [2.75, 3.05) is 26.6 Å². The van der Waals surface area contributed by atoms with E-state index in [1.165, 1.54) is 46.1 Å². The number of para-hydroxylation sites is 1. The topological polar surface area (TPSA) is 103 Å². The van der Waals surface area contributed by atoms with Gasteiger partial charge in [0.2, 0.25) is 0 Å². The van der Waals surface area contributed by atoms with E-state index < -0.39 is 0 Å². The van der Waals surface area contributed by atoms with Gasteiger partial charge in [-0.2, -0.15) is 0 Å². The van der Waals surface area contributed by atoms with Crippen molar-refractivity contribution in [2.24, 2.45) is 5.92 Å². The van der Waals surface area contributed by atoms with E-state index in [0.29, 0.717) is 22.3 Å². The van der Waals surface area contributed by atoms with Crippen LogP contribution in [0.3, 0.4) is 0 Å². The van der Waals surface area contributed by atoms with Gasteiger partial charge in [0.15, 0.2) is 5.13 Å². The molecule has 1 saturated carbocycles. The first-order chi connectivity index (χ1) is 19.8. The van der Waals surface area contributed by atoms with Crippen LogP contribution in [-0.4, -0.2) is 43.2 Å². The summed E-state index contributed by atoms with van der Waals surface area (Å²) in [6, 6.07) is 13.6. The van der Waals surface area contributed by atoms with Crippen molar-refractivity contribution in [2.45, 2.75) is 51.9 Å². The zero-order valence-corrected chi connectivity index (χ0v) is 26.2. The maximum Gasteiger partial charge on any atom is 0.302 e. The molecule has 0 radical (unpaired) electrons. The zero-order chi connectivity index (χ0) is 29.4. The number of aromatic amines is 1. The summed E-state index contributed by atoms with van der Waals surface area (Å²) in [6.07, 6.45) is 8.65. The molecule has 0 spiro atoms. The van der Waals surface area contributed by atoms with Crippen molar-refractivity contribution in [3.63, 3.8) is 0 Å². The Morgan fingerprint density at radius 3 is 2.41 bits per heavy atom. The maximum atomic E-state index is 13.1. The first-order valence-electron chi connectivity index (χ1n) is 13.7. The van der Waals surface area contributed by atoms with E-state index in [2.05, 4.69) is 31.0 Å². The van der Waals surface area contributed by atoms with Crippen molar-refractivity contribution in [1.82, 2.24) is 9.97 Å². The molecule has 1 aliphatic rings. The molecule has 2 N–H and O–H groups in total. The molecule has 1 fully saturated rings. The van der Waals surface area contributed by atoms with Crippen LogP contribution in [0, 0.1) is 5.92 Å². The molecule has 2 aromatic heterocycles. The number of anilines is 1. The molecule has 0 aliphatic heterocycles. The monoisotopic (exact) mass is 641 g/mol. The van der Waals surface area contributed by atoms with Crippen LogP contribution < -0.4 is 14.8 Å². The number of H-pyrrole nitrogens is 1. The van der Waals surface area contributed by atoms with Gasteiger partial charge in [-0.25, -0.2) is 4.98 Å². The Morgan fingerprint density at radius 1 is 1.05 bits per heavy atom. The summed E-state index contributed by atoms with van der Waals surface area (Å²) in [5.74, 6) is 1.69. The number of benzene rings is 2. The highest BCUT2D eigenvalue weighted by molar-refractivity contribution is 9.10. The number of thiazole rings is 1. The lowest BCUT2D eigenvalue weighted by atomic mass is 9.86. The van der Waals surface area contributed by atoms with Crippen LogP contribution in [0.25, 0.3) is 22.2 Å². The number of carbonyl (C=O) groups is 2. The SMILES string of the molecule is COC(C)=O.COc1cc(OC)c(-c2nc(NC(=O)c3cc4ccccc4[nH]3)sc2CCC2CCCCC2)cc1Br. The first-order valence-corrected chi connectivity index (χ1v) is 15.3. The number of hydrogen-bond donors (Lipinski definition) is 2. The third kappa shape index (κ3) is 7.89. The summed E-state index contributed by atoms with van der Waals surface area (Å²) in [5.41, 5.74) is 3.18. The minimum Gasteiger partial charge on any atom is -0.496 e. The van der Waals surface area contributed by atoms with Gasteiger partial charge in [0.25, 0.3) is 5.91 Å². The van der Waals surface area contributed by atoms with Crippen LogP contribution in [0.15, 0.2) is 46.9 Å². The predicted octanol–water partition coefficient (Wildman–Crippen LogP) is 8.02. The Labute approximate surface area is 252 Å². The lowest BCUT2D eigenvalue weighted by Crippen LogP contribution is -2.11. The highest BCUT2D eigenvalue weighted by Gasteiger charge is 2.22. The normalized spacial score (nSPS) is 13.3. The minimum atomic E-state index is -0.245. The first kappa shape index (κ1) is 30.6. The van der Waals surface area contributed by atoms with Crippen molar-refractivity contribution in [1.29, 1.82) is 0 Å². The number of hydrogen-bond acceptors (Lipinski definition) is 7. The Balaban J connectivity index is 0.000000714. The van der Waals surface area contributed by atoms with Crippen molar-refractivity contribution in [3.05, 3.63) is 57.5 Å². The highest BCUT2D eigenvalue weighted by Crippen LogP contribution is 2.42. The molecule has 0 bridgehead atoms. The summed E-state index contributed by atoms with van der Waals surface area (Å²) in [7, 11) is 4.64. The minimum absolute atomic E-state index is 0.201. The number of carbonyl (C=O) groups excluding carboxylic acids is 2. The smallest absolute Gasteiger partial charge is 0.302 e. The van der Waals surface area contributed by atoms with Crippen molar-refractivity contribution >= 4 is 55.2 Å². The predicted molar refractivity (Wildman–Crippen MR) is 167 cm³/mol. The van der Waals surface area contributed by atoms with Crippen LogP contribution >= 0.6 is 27.3 Å². The maximum absolute atomic E-state index is 13.1. The summed E-state index contributed by atoms with van der Waals surface area (Å²) in [5, 5.41) is 4.61. The Kier molecular flexibility index (Phi) is 10.8. The van der Waals surface area contributed by atoms with Crippen LogP contribution in [0.4, 0.5) is 5.13 Å². The van der Waals surface area contributed by atoms with E-state index in [-0.39, 0.29) is 11.9 Å². The van der Waals surface area contributed by atoms with E-state index in [9.17, 15) is 9.59 Å². The van der Waals surface area contributed by atoms with E-state index in [4.69, 9.17) is 14.5 Å². The standard InChI is InChI=1S/C28H30BrN3O3S.C3H6O2/c1-34-23-16-24(35-2)20(29)15-19(23)26-25(13-12-17-8-4-3-5-9-17)36-28(31-26)32-27(33)22-14-18-10-6-7-11-21(18)30-22;1-3(4)5-2/h6-7,10-11,14-17,30H,3-5,8-9,12-13H2,1-2H3,(H,31,32,33);1-2H3. The molecule has 4 aromatic rings. The number of halogens is 1. The fraction of sp³-hybridized carbons (Fsp3) is 0.387. The van der Waals surface area contributed by atoms with E-state index in [0.717, 1.165) is 50.3 Å². The molecule has 0 saturated heterocycles. The molecule has 8 nitrogen and oxygen atoms in total.